The van der Waals surface area contributed by atoms with Gasteiger partial charge in [0.15, 0.2) is 6.17 Å². The predicted molar refractivity (Wildman–Crippen MR) is 58.7 cm³/mol. The van der Waals surface area contributed by atoms with Crippen LogP contribution in [0.5, 0.6) is 5.75 Å². The molecule has 0 radical (unpaired) electrons. The van der Waals surface area contributed by atoms with E-state index in [1.807, 2.05) is 0 Å². The fourth-order valence-corrected chi connectivity index (χ4v) is 2.22. The summed E-state index contributed by atoms with van der Waals surface area (Å²) in [5, 5.41) is 25.8. The molecule has 17 heavy (non-hydrogen) atoms. The number of nitro groups is 1. The van der Waals surface area contributed by atoms with Gasteiger partial charge in [-0.1, -0.05) is 12.1 Å². The van der Waals surface area contributed by atoms with E-state index in [0.717, 1.165) is 5.56 Å². The molecule has 0 amide bonds. The minimum absolute atomic E-state index is 0.177. The summed E-state index contributed by atoms with van der Waals surface area (Å²) in [6, 6.07) is 6.63. The molecule has 1 aromatic rings. The molecule has 0 aromatic heterocycles. The van der Waals surface area contributed by atoms with E-state index in [4.69, 9.17) is 0 Å². The topological polar surface area (TPSA) is 82.2 Å². The molecule has 1 saturated heterocycles. The van der Waals surface area contributed by atoms with E-state index in [-0.39, 0.29) is 23.4 Å². The van der Waals surface area contributed by atoms with E-state index in [1.54, 1.807) is 34.2 Å². The van der Waals surface area contributed by atoms with Crippen LogP contribution >= 0.6 is 0 Å². The number of hydrogen-bond donors (Lipinski definition) is 1. The number of hydrogen-bond acceptors (Lipinski definition) is 6. The maximum Gasteiger partial charge on any atom is 0.309 e. The monoisotopic (exact) mass is 234 g/mol. The molecular weight excluding hydrogens is 224 g/mol. The zero-order valence-corrected chi connectivity index (χ0v) is 8.80. The van der Waals surface area contributed by atoms with Gasteiger partial charge >= 0.3 is 6.17 Å². The van der Waals surface area contributed by atoms with Crippen molar-refractivity contribution in [1.29, 1.82) is 0 Å². The third-order valence-electron chi connectivity index (χ3n) is 3.03. The highest BCUT2D eigenvalue weighted by Crippen LogP contribution is 2.36. The SMILES string of the molecule is O=[N+]([O-])[C@@H]1CN2N=CN1[C@@H]2c1ccc(O)cc1. The van der Waals surface area contributed by atoms with Crippen molar-refractivity contribution in [2.45, 2.75) is 12.3 Å². The lowest BCUT2D eigenvalue weighted by Gasteiger charge is -2.19. The zero-order valence-electron chi connectivity index (χ0n) is 8.80. The van der Waals surface area contributed by atoms with Crippen molar-refractivity contribution in [2.75, 3.05) is 6.54 Å². The van der Waals surface area contributed by atoms with Crippen LogP contribution < -0.4 is 0 Å². The summed E-state index contributed by atoms with van der Waals surface area (Å²) < 4.78 is 0. The van der Waals surface area contributed by atoms with E-state index in [2.05, 4.69) is 5.10 Å². The number of rotatable bonds is 2. The number of nitrogens with zero attached hydrogens (tertiary/aromatic N) is 4. The van der Waals surface area contributed by atoms with Crippen molar-refractivity contribution < 1.29 is 10.0 Å². The molecule has 2 atom stereocenters. The number of phenolic OH excluding ortho intramolecular Hbond substituents is 1. The molecule has 0 saturated carbocycles. The van der Waals surface area contributed by atoms with Crippen LogP contribution in [-0.2, 0) is 0 Å². The van der Waals surface area contributed by atoms with Crippen molar-refractivity contribution in [3.05, 3.63) is 39.9 Å². The van der Waals surface area contributed by atoms with E-state index < -0.39 is 6.17 Å². The molecular formula is C10H10N4O3. The minimum atomic E-state index is -0.744. The highest BCUT2D eigenvalue weighted by Gasteiger charge is 2.48. The Morgan fingerprint density at radius 3 is 2.71 bits per heavy atom. The van der Waals surface area contributed by atoms with Gasteiger partial charge < -0.3 is 5.11 Å². The van der Waals surface area contributed by atoms with E-state index in [0.29, 0.717) is 0 Å². The Labute approximate surface area is 96.7 Å². The first kappa shape index (κ1) is 9.88. The average molecular weight is 234 g/mol. The standard InChI is InChI=1S/C10H10N4O3/c15-8-3-1-7(2-4-8)10-12-6-11-13(10)5-9(12)14(16)17/h1-4,6,9-10,15H,5H2/t9-,10+/m1/s1. The van der Waals surface area contributed by atoms with Crippen LogP contribution in [0, 0.1) is 10.1 Å². The van der Waals surface area contributed by atoms with Gasteiger partial charge in [-0.15, -0.1) is 0 Å². The summed E-state index contributed by atoms with van der Waals surface area (Å²) in [4.78, 5) is 12.2. The van der Waals surface area contributed by atoms with Gasteiger partial charge in [-0.3, -0.25) is 20.0 Å². The fraction of sp³-hybridized carbons (Fsp3) is 0.300. The van der Waals surface area contributed by atoms with Crippen molar-refractivity contribution in [2.24, 2.45) is 5.10 Å². The zero-order chi connectivity index (χ0) is 12.0. The molecule has 0 unspecified atom stereocenters. The van der Waals surface area contributed by atoms with Crippen molar-refractivity contribution in [3.63, 3.8) is 0 Å². The van der Waals surface area contributed by atoms with Gasteiger partial charge in [0.1, 0.15) is 18.6 Å². The second-order valence-electron chi connectivity index (χ2n) is 4.03. The maximum absolute atomic E-state index is 10.9. The second kappa shape index (κ2) is 3.34. The van der Waals surface area contributed by atoms with Gasteiger partial charge in [0.05, 0.1) is 0 Å². The number of phenols is 1. The van der Waals surface area contributed by atoms with Gasteiger partial charge in [-0.25, -0.2) is 0 Å². The normalized spacial score (nSPS) is 25.6. The van der Waals surface area contributed by atoms with Crippen LogP contribution in [0.25, 0.3) is 0 Å². The maximum atomic E-state index is 10.9. The third-order valence-corrected chi connectivity index (χ3v) is 3.03. The lowest BCUT2D eigenvalue weighted by molar-refractivity contribution is -0.538. The summed E-state index contributed by atoms with van der Waals surface area (Å²) in [6.07, 6.45) is 0.520. The van der Waals surface area contributed by atoms with Crippen LogP contribution in [0.3, 0.4) is 0 Å². The van der Waals surface area contributed by atoms with Crippen molar-refractivity contribution in [1.82, 2.24) is 9.91 Å². The van der Waals surface area contributed by atoms with Gasteiger partial charge in [-0.2, -0.15) is 5.10 Å². The Bertz CT molecular complexity index is 487. The summed E-state index contributed by atoms with van der Waals surface area (Å²) in [6.45, 7) is 0.287. The van der Waals surface area contributed by atoms with Gasteiger partial charge in [0.2, 0.25) is 0 Å². The van der Waals surface area contributed by atoms with Gasteiger partial charge in [0, 0.05) is 4.92 Å². The molecule has 0 aliphatic carbocycles. The average Bonchev–Trinajstić information content (AvgIpc) is 2.87. The van der Waals surface area contributed by atoms with Crippen LogP contribution in [0.1, 0.15) is 11.7 Å². The number of benzene rings is 1. The van der Waals surface area contributed by atoms with E-state index in [1.165, 1.54) is 6.34 Å². The third kappa shape index (κ3) is 1.39. The van der Waals surface area contributed by atoms with Crippen molar-refractivity contribution in [3.8, 4) is 5.75 Å². The Morgan fingerprint density at radius 2 is 2.12 bits per heavy atom. The molecule has 2 heterocycles. The number of fused-ring (bicyclic) bond motifs is 2. The van der Waals surface area contributed by atoms with Crippen LogP contribution in [0.2, 0.25) is 0 Å². The first-order valence-corrected chi connectivity index (χ1v) is 5.17. The van der Waals surface area contributed by atoms with Crippen LogP contribution in [0.15, 0.2) is 29.4 Å². The highest BCUT2D eigenvalue weighted by atomic mass is 16.6. The van der Waals surface area contributed by atoms with Crippen LogP contribution in [0.4, 0.5) is 0 Å². The van der Waals surface area contributed by atoms with Crippen LogP contribution in [-0.4, -0.2) is 39.0 Å². The summed E-state index contributed by atoms with van der Waals surface area (Å²) in [5.74, 6) is 0.177. The molecule has 7 nitrogen and oxygen atoms in total. The fourth-order valence-electron chi connectivity index (χ4n) is 2.22. The van der Waals surface area contributed by atoms with E-state index >= 15 is 0 Å². The minimum Gasteiger partial charge on any atom is -0.508 e. The molecule has 1 N–H and O–H groups in total. The lowest BCUT2D eigenvalue weighted by Crippen LogP contribution is -2.37. The molecule has 1 aromatic carbocycles. The summed E-state index contributed by atoms with van der Waals surface area (Å²) in [5.41, 5.74) is 0.879. The predicted octanol–water partition coefficient (Wildman–Crippen LogP) is 0.568. The first-order chi connectivity index (χ1) is 8.16. The number of hydrazone groups is 1. The quantitative estimate of drug-likeness (QED) is 0.597. The van der Waals surface area contributed by atoms with Crippen molar-refractivity contribution >= 4 is 6.34 Å². The Hall–Kier alpha value is -2.31. The molecule has 0 spiro atoms. The molecule has 7 heteroatoms. The van der Waals surface area contributed by atoms with Gasteiger partial charge in [-0.05, 0) is 17.7 Å². The summed E-state index contributed by atoms with van der Waals surface area (Å²) >= 11 is 0. The Morgan fingerprint density at radius 1 is 1.41 bits per heavy atom. The molecule has 1 fully saturated rings. The largest absolute Gasteiger partial charge is 0.508 e. The highest BCUT2D eigenvalue weighted by molar-refractivity contribution is 5.59. The molecule has 2 bridgehead atoms. The first-order valence-electron chi connectivity index (χ1n) is 5.17. The smallest absolute Gasteiger partial charge is 0.309 e. The Balaban J connectivity index is 1.92. The molecule has 2 aliphatic heterocycles. The molecule has 2 aliphatic rings. The second-order valence-corrected chi connectivity index (χ2v) is 4.03. The van der Waals surface area contributed by atoms with E-state index in [9.17, 15) is 15.2 Å². The summed E-state index contributed by atoms with van der Waals surface area (Å²) in [7, 11) is 0. The molecule has 88 valence electrons. The lowest BCUT2D eigenvalue weighted by atomic mass is 10.1. The number of aromatic hydroxyl groups is 1. The Kier molecular flexibility index (Phi) is 1.94. The molecule has 3 rings (SSSR count). The van der Waals surface area contributed by atoms with Gasteiger partial charge in [0.25, 0.3) is 0 Å².